The number of Topliss-reactive ketones (excluding diaryl/α,β-unsaturated/α-hetero) is 2. The summed E-state index contributed by atoms with van der Waals surface area (Å²) in [6.07, 6.45) is 6.63. The van der Waals surface area contributed by atoms with E-state index in [4.69, 9.17) is 4.74 Å². The molecule has 2 aromatic carbocycles. The number of piperidine rings is 1. The zero-order valence-corrected chi connectivity index (χ0v) is 20.2. The largest absolute Gasteiger partial charge is 0.486 e. The third-order valence-corrected chi connectivity index (χ3v) is 7.97. The number of amides is 1. The van der Waals surface area contributed by atoms with Crippen molar-refractivity contribution in [2.45, 2.75) is 77.2 Å². The van der Waals surface area contributed by atoms with E-state index in [0.29, 0.717) is 43.7 Å². The van der Waals surface area contributed by atoms with Crippen LogP contribution in [0.1, 0.15) is 87.9 Å². The maximum atomic E-state index is 12.8. The molecule has 2 aromatic rings. The Bertz CT molecular complexity index is 1160. The first-order valence-electron chi connectivity index (χ1n) is 12.6. The Kier molecular flexibility index (Phi) is 6.05. The molecule has 2 heterocycles. The number of hydrogen-bond donors (Lipinski definition) is 0. The number of hydrogen-bond acceptors (Lipinski definition) is 4. The molecule has 0 unspecified atom stereocenters. The van der Waals surface area contributed by atoms with E-state index in [1.165, 1.54) is 24.0 Å². The molecule has 0 radical (unpaired) electrons. The zero-order valence-electron chi connectivity index (χ0n) is 20.2. The molecular formula is C29H33NO4. The van der Waals surface area contributed by atoms with Gasteiger partial charge in [0.05, 0.1) is 12.0 Å². The van der Waals surface area contributed by atoms with E-state index in [0.717, 1.165) is 29.5 Å². The number of ether oxygens (including phenoxy) is 1. The Hall–Kier alpha value is -2.95. The summed E-state index contributed by atoms with van der Waals surface area (Å²) in [4.78, 5) is 40.3. The number of aryl methyl sites for hydroxylation is 4. The predicted molar refractivity (Wildman–Crippen MR) is 131 cm³/mol. The molecule has 2 aliphatic heterocycles. The lowest BCUT2D eigenvalue weighted by molar-refractivity contribution is -0.134. The number of likely N-dealkylation sites (tertiary alicyclic amines) is 1. The molecule has 34 heavy (non-hydrogen) atoms. The van der Waals surface area contributed by atoms with E-state index in [1.54, 1.807) is 0 Å². The summed E-state index contributed by atoms with van der Waals surface area (Å²) in [5.74, 6) is 0.850. The fraction of sp³-hybridized carbons (Fsp3) is 0.483. The molecule has 1 aliphatic carbocycles. The second kappa shape index (κ2) is 9.01. The van der Waals surface area contributed by atoms with Crippen LogP contribution in [-0.4, -0.2) is 41.1 Å². The van der Waals surface area contributed by atoms with Gasteiger partial charge in [-0.3, -0.25) is 14.4 Å². The highest BCUT2D eigenvalue weighted by molar-refractivity contribution is 6.01. The Labute approximate surface area is 201 Å². The average Bonchev–Trinajstić information content (AvgIpc) is 2.84. The summed E-state index contributed by atoms with van der Waals surface area (Å²) >= 11 is 0. The minimum absolute atomic E-state index is 0.00941. The molecule has 1 spiro atoms. The van der Waals surface area contributed by atoms with Gasteiger partial charge in [-0.2, -0.15) is 0 Å². The molecule has 1 saturated heterocycles. The van der Waals surface area contributed by atoms with Gasteiger partial charge in [-0.15, -0.1) is 0 Å². The molecule has 0 N–H and O–H groups in total. The van der Waals surface area contributed by atoms with Crippen LogP contribution in [0.15, 0.2) is 30.3 Å². The van der Waals surface area contributed by atoms with Crippen molar-refractivity contribution in [2.75, 3.05) is 13.1 Å². The first kappa shape index (κ1) is 22.8. The van der Waals surface area contributed by atoms with Crippen molar-refractivity contribution >= 4 is 17.5 Å². The maximum absolute atomic E-state index is 12.8. The van der Waals surface area contributed by atoms with Crippen molar-refractivity contribution in [1.82, 2.24) is 4.90 Å². The standard InChI is InChI=1S/C29H33NO4/c1-19-15-24-26(32)18-29(34-27(24)16-20(19)2)11-13-30(14-12-29)28(33)10-9-25(31)23-8-7-21-5-3-4-6-22(21)17-23/h7-8,15-17H,3-6,9-14,18H2,1-2H3. The van der Waals surface area contributed by atoms with Crippen LogP contribution < -0.4 is 4.74 Å². The third kappa shape index (κ3) is 4.40. The van der Waals surface area contributed by atoms with Crippen molar-refractivity contribution in [3.63, 3.8) is 0 Å². The molecule has 3 aliphatic rings. The molecule has 5 rings (SSSR count). The molecule has 0 saturated carbocycles. The van der Waals surface area contributed by atoms with Gasteiger partial charge >= 0.3 is 0 Å². The number of fused-ring (bicyclic) bond motifs is 2. The second-order valence-electron chi connectivity index (χ2n) is 10.3. The van der Waals surface area contributed by atoms with Crippen LogP contribution in [0.4, 0.5) is 0 Å². The van der Waals surface area contributed by atoms with Gasteiger partial charge < -0.3 is 9.64 Å². The van der Waals surface area contributed by atoms with Crippen LogP contribution in [-0.2, 0) is 17.6 Å². The van der Waals surface area contributed by atoms with Crippen LogP contribution >= 0.6 is 0 Å². The van der Waals surface area contributed by atoms with E-state index in [9.17, 15) is 14.4 Å². The quantitative estimate of drug-likeness (QED) is 0.592. The molecule has 5 nitrogen and oxygen atoms in total. The number of carbonyl (C=O) groups excluding carboxylic acids is 3. The van der Waals surface area contributed by atoms with Crippen molar-refractivity contribution in [3.8, 4) is 5.75 Å². The van der Waals surface area contributed by atoms with E-state index < -0.39 is 5.60 Å². The number of benzene rings is 2. The first-order valence-corrected chi connectivity index (χ1v) is 12.6. The zero-order chi connectivity index (χ0) is 23.9. The van der Waals surface area contributed by atoms with Crippen molar-refractivity contribution in [1.29, 1.82) is 0 Å². The minimum Gasteiger partial charge on any atom is -0.486 e. The van der Waals surface area contributed by atoms with Gasteiger partial charge in [-0.05, 0) is 80.0 Å². The van der Waals surface area contributed by atoms with Crippen molar-refractivity contribution in [2.24, 2.45) is 0 Å². The fourth-order valence-corrected chi connectivity index (χ4v) is 5.62. The van der Waals surface area contributed by atoms with Crippen molar-refractivity contribution in [3.05, 3.63) is 63.7 Å². The van der Waals surface area contributed by atoms with Gasteiger partial charge in [0.25, 0.3) is 0 Å². The SMILES string of the molecule is Cc1cc2c(cc1C)C(=O)CC1(CCN(C(=O)CCC(=O)c3ccc4c(c3)CCCC4)CC1)O2. The molecule has 0 bridgehead atoms. The second-order valence-corrected chi connectivity index (χ2v) is 10.3. The van der Waals surface area contributed by atoms with Gasteiger partial charge in [0.1, 0.15) is 11.4 Å². The Morgan fingerprint density at radius 3 is 2.41 bits per heavy atom. The molecule has 1 fully saturated rings. The summed E-state index contributed by atoms with van der Waals surface area (Å²) in [5, 5.41) is 0. The average molecular weight is 460 g/mol. The highest BCUT2D eigenvalue weighted by Crippen LogP contribution is 2.40. The first-order chi connectivity index (χ1) is 16.3. The van der Waals surface area contributed by atoms with Crippen LogP contribution in [0.2, 0.25) is 0 Å². The third-order valence-electron chi connectivity index (χ3n) is 7.97. The molecule has 0 aromatic heterocycles. The van der Waals surface area contributed by atoms with E-state index >= 15 is 0 Å². The smallest absolute Gasteiger partial charge is 0.223 e. The maximum Gasteiger partial charge on any atom is 0.223 e. The lowest BCUT2D eigenvalue weighted by Gasteiger charge is -2.44. The van der Waals surface area contributed by atoms with Crippen LogP contribution in [0.25, 0.3) is 0 Å². The lowest BCUT2D eigenvalue weighted by Crippen LogP contribution is -2.52. The number of ketones is 2. The summed E-state index contributed by atoms with van der Waals surface area (Å²) in [6.45, 7) is 5.14. The van der Waals surface area contributed by atoms with Gasteiger partial charge in [0, 0.05) is 44.3 Å². The van der Waals surface area contributed by atoms with E-state index in [1.807, 2.05) is 43.0 Å². The van der Waals surface area contributed by atoms with Crippen molar-refractivity contribution < 1.29 is 19.1 Å². The Balaban J connectivity index is 1.17. The molecule has 0 atom stereocenters. The molecule has 178 valence electrons. The fourth-order valence-electron chi connectivity index (χ4n) is 5.62. The minimum atomic E-state index is -0.526. The van der Waals surface area contributed by atoms with Crippen LogP contribution in [0.5, 0.6) is 5.75 Å². The van der Waals surface area contributed by atoms with Gasteiger partial charge in [-0.1, -0.05) is 12.1 Å². The highest BCUT2D eigenvalue weighted by Gasteiger charge is 2.43. The van der Waals surface area contributed by atoms with Gasteiger partial charge in [-0.25, -0.2) is 0 Å². The normalized spacial score (nSPS) is 18.8. The summed E-state index contributed by atoms with van der Waals surface area (Å²) in [6, 6.07) is 9.93. The molecular weight excluding hydrogens is 426 g/mol. The van der Waals surface area contributed by atoms with Crippen LogP contribution in [0.3, 0.4) is 0 Å². The lowest BCUT2D eigenvalue weighted by atomic mass is 9.82. The predicted octanol–water partition coefficient (Wildman–Crippen LogP) is 5.17. The Morgan fingerprint density at radius 1 is 0.941 bits per heavy atom. The summed E-state index contributed by atoms with van der Waals surface area (Å²) in [7, 11) is 0. The number of nitrogens with zero attached hydrogens (tertiary/aromatic N) is 1. The highest BCUT2D eigenvalue weighted by atomic mass is 16.5. The topological polar surface area (TPSA) is 63.7 Å². The molecule has 1 amide bonds. The summed E-state index contributed by atoms with van der Waals surface area (Å²) < 4.78 is 6.38. The van der Waals surface area contributed by atoms with E-state index in [2.05, 4.69) is 6.07 Å². The Morgan fingerprint density at radius 2 is 1.65 bits per heavy atom. The number of rotatable bonds is 4. The number of carbonyl (C=O) groups is 3. The van der Waals surface area contributed by atoms with Crippen LogP contribution in [0, 0.1) is 13.8 Å². The summed E-state index contributed by atoms with van der Waals surface area (Å²) in [5.41, 5.74) is 5.73. The van der Waals surface area contributed by atoms with E-state index in [-0.39, 0.29) is 30.3 Å². The monoisotopic (exact) mass is 459 g/mol. The van der Waals surface area contributed by atoms with Gasteiger partial charge in [0.15, 0.2) is 11.6 Å². The molecule has 5 heteroatoms. The van der Waals surface area contributed by atoms with Gasteiger partial charge in [0.2, 0.25) is 5.91 Å².